The number of furan rings is 1. The van der Waals surface area contributed by atoms with Crippen LogP contribution in [-0.4, -0.2) is 11.3 Å². The number of nitrogens with two attached hydrogens (primary N) is 1. The van der Waals surface area contributed by atoms with E-state index in [0.29, 0.717) is 17.1 Å². The fraction of sp³-hybridized carbons (Fsp3) is 0. The van der Waals surface area contributed by atoms with Crippen molar-refractivity contribution in [1.29, 1.82) is 0 Å². The van der Waals surface area contributed by atoms with Crippen molar-refractivity contribution in [2.24, 2.45) is 10.8 Å². The molecule has 1 heterocycles. The van der Waals surface area contributed by atoms with Gasteiger partial charge in [-0.3, -0.25) is 5.43 Å². The number of hydrogen-bond acceptors (Lipinski definition) is 3. The van der Waals surface area contributed by atoms with Crippen molar-refractivity contribution in [1.82, 2.24) is 5.43 Å². The second kappa shape index (κ2) is 5.42. The van der Waals surface area contributed by atoms with E-state index in [4.69, 9.17) is 10.2 Å². The zero-order valence-corrected chi connectivity index (χ0v) is 10.1. The third kappa shape index (κ3) is 3.14. The van der Waals surface area contributed by atoms with Crippen LogP contribution in [-0.2, 0) is 0 Å². The molecule has 3 N–H and O–H groups in total. The van der Waals surface area contributed by atoms with E-state index >= 15 is 0 Å². The number of thiocarbonyl (C=S) groups is 1. The summed E-state index contributed by atoms with van der Waals surface area (Å²) >= 11 is 4.59. The SMILES string of the molecule is NC(=S)N/N=C/c1ccc(-c2cccc(F)c2)o1. The van der Waals surface area contributed by atoms with Gasteiger partial charge in [0.2, 0.25) is 0 Å². The Balaban J connectivity index is 2.15. The van der Waals surface area contributed by atoms with E-state index < -0.39 is 0 Å². The van der Waals surface area contributed by atoms with E-state index in [2.05, 4.69) is 22.7 Å². The highest BCUT2D eigenvalue weighted by Crippen LogP contribution is 2.21. The fourth-order valence-corrected chi connectivity index (χ4v) is 1.43. The van der Waals surface area contributed by atoms with Crippen molar-refractivity contribution in [3.8, 4) is 11.3 Å². The minimum Gasteiger partial charge on any atom is -0.455 e. The van der Waals surface area contributed by atoms with Gasteiger partial charge in [0, 0.05) is 5.56 Å². The lowest BCUT2D eigenvalue weighted by Gasteiger charge is -1.96. The Hall–Kier alpha value is -2.21. The van der Waals surface area contributed by atoms with Crippen LogP contribution in [0.4, 0.5) is 4.39 Å². The van der Waals surface area contributed by atoms with Crippen LogP contribution in [0.2, 0.25) is 0 Å². The Morgan fingerprint density at radius 2 is 2.22 bits per heavy atom. The molecule has 0 atom stereocenters. The van der Waals surface area contributed by atoms with Crippen LogP contribution < -0.4 is 11.2 Å². The summed E-state index contributed by atoms with van der Waals surface area (Å²) < 4.78 is 18.5. The van der Waals surface area contributed by atoms with Crippen molar-refractivity contribution in [3.05, 3.63) is 48.0 Å². The molecule has 0 saturated carbocycles. The Labute approximate surface area is 108 Å². The number of hydrogen-bond donors (Lipinski definition) is 2. The van der Waals surface area contributed by atoms with Gasteiger partial charge in [-0.05, 0) is 36.5 Å². The summed E-state index contributed by atoms with van der Waals surface area (Å²) in [5.74, 6) is 0.763. The molecule has 4 nitrogen and oxygen atoms in total. The van der Waals surface area contributed by atoms with Crippen LogP contribution in [0.1, 0.15) is 5.76 Å². The van der Waals surface area contributed by atoms with Gasteiger partial charge >= 0.3 is 0 Å². The Morgan fingerprint density at radius 1 is 1.39 bits per heavy atom. The zero-order valence-electron chi connectivity index (χ0n) is 9.26. The molecule has 2 rings (SSSR count). The lowest BCUT2D eigenvalue weighted by Crippen LogP contribution is -2.23. The summed E-state index contributed by atoms with van der Waals surface area (Å²) in [6.07, 6.45) is 1.43. The Morgan fingerprint density at radius 3 is 2.94 bits per heavy atom. The van der Waals surface area contributed by atoms with E-state index in [-0.39, 0.29) is 10.9 Å². The summed E-state index contributed by atoms with van der Waals surface area (Å²) in [6, 6.07) is 9.60. The van der Waals surface area contributed by atoms with Gasteiger partial charge in [-0.15, -0.1) is 0 Å². The van der Waals surface area contributed by atoms with Gasteiger partial charge in [0.25, 0.3) is 0 Å². The van der Waals surface area contributed by atoms with E-state index in [0.717, 1.165) is 0 Å². The average Bonchev–Trinajstić information content (AvgIpc) is 2.77. The van der Waals surface area contributed by atoms with Gasteiger partial charge in [0.05, 0.1) is 6.21 Å². The van der Waals surface area contributed by atoms with Gasteiger partial charge in [0.15, 0.2) is 5.11 Å². The van der Waals surface area contributed by atoms with E-state index in [1.54, 1.807) is 24.3 Å². The molecular formula is C12H10FN3OS. The summed E-state index contributed by atoms with van der Waals surface area (Å²) in [5.41, 5.74) is 8.28. The largest absolute Gasteiger partial charge is 0.455 e. The first-order valence-corrected chi connectivity index (χ1v) is 5.50. The van der Waals surface area contributed by atoms with Crippen molar-refractivity contribution in [2.45, 2.75) is 0 Å². The lowest BCUT2D eigenvalue weighted by molar-refractivity contribution is 0.572. The van der Waals surface area contributed by atoms with E-state index in [1.807, 2.05) is 0 Å². The smallest absolute Gasteiger partial charge is 0.184 e. The molecule has 0 saturated heterocycles. The number of nitrogens with one attached hydrogen (secondary N) is 1. The van der Waals surface area contributed by atoms with Crippen LogP contribution in [0.25, 0.3) is 11.3 Å². The summed E-state index contributed by atoms with van der Waals surface area (Å²) in [7, 11) is 0. The first-order valence-electron chi connectivity index (χ1n) is 5.09. The third-order valence-corrected chi connectivity index (χ3v) is 2.19. The molecule has 0 spiro atoms. The van der Waals surface area contributed by atoms with Gasteiger partial charge in [-0.1, -0.05) is 12.1 Å². The normalized spacial score (nSPS) is 10.7. The summed E-state index contributed by atoms with van der Waals surface area (Å²) in [6.45, 7) is 0. The van der Waals surface area contributed by atoms with E-state index in [1.165, 1.54) is 18.3 Å². The summed E-state index contributed by atoms with van der Waals surface area (Å²) in [5, 5.41) is 3.83. The average molecular weight is 263 g/mol. The van der Waals surface area contributed by atoms with Crippen LogP contribution >= 0.6 is 12.2 Å². The van der Waals surface area contributed by atoms with E-state index in [9.17, 15) is 4.39 Å². The number of hydrazone groups is 1. The monoisotopic (exact) mass is 263 g/mol. The molecule has 1 aromatic heterocycles. The zero-order chi connectivity index (χ0) is 13.0. The van der Waals surface area contributed by atoms with Crippen molar-refractivity contribution in [2.75, 3.05) is 0 Å². The fourth-order valence-electron chi connectivity index (χ4n) is 1.38. The van der Waals surface area contributed by atoms with Crippen LogP contribution in [0, 0.1) is 5.82 Å². The molecule has 0 aliphatic rings. The van der Waals surface area contributed by atoms with Crippen molar-refractivity contribution < 1.29 is 8.81 Å². The van der Waals surface area contributed by atoms with Gasteiger partial charge in [0.1, 0.15) is 17.3 Å². The second-order valence-corrected chi connectivity index (χ2v) is 3.89. The van der Waals surface area contributed by atoms with Crippen molar-refractivity contribution in [3.63, 3.8) is 0 Å². The number of benzene rings is 1. The molecule has 0 aliphatic heterocycles. The van der Waals surface area contributed by atoms with Crippen LogP contribution in [0.15, 0.2) is 45.9 Å². The van der Waals surface area contributed by atoms with Crippen LogP contribution in [0.5, 0.6) is 0 Å². The van der Waals surface area contributed by atoms with Gasteiger partial charge < -0.3 is 10.2 Å². The Kier molecular flexibility index (Phi) is 3.69. The Bertz CT molecular complexity index is 595. The molecule has 0 fully saturated rings. The number of nitrogens with zero attached hydrogens (tertiary/aromatic N) is 1. The second-order valence-electron chi connectivity index (χ2n) is 3.45. The first-order chi connectivity index (χ1) is 8.65. The molecule has 0 amide bonds. The molecule has 1 aromatic carbocycles. The summed E-state index contributed by atoms with van der Waals surface area (Å²) in [4.78, 5) is 0. The maximum atomic E-state index is 13.0. The van der Waals surface area contributed by atoms with Crippen molar-refractivity contribution >= 4 is 23.5 Å². The van der Waals surface area contributed by atoms with Gasteiger partial charge in [-0.2, -0.15) is 5.10 Å². The minimum absolute atomic E-state index is 0.0724. The standard InChI is InChI=1S/C12H10FN3OS/c13-9-3-1-2-8(6-9)11-5-4-10(17-11)7-15-16-12(14)18/h1-7H,(H3,14,16,18)/b15-7+. The predicted octanol–water partition coefficient (Wildman–Crippen LogP) is 2.25. The quantitative estimate of drug-likeness (QED) is 0.506. The molecule has 2 aromatic rings. The number of rotatable bonds is 3. The van der Waals surface area contributed by atoms with Gasteiger partial charge in [-0.25, -0.2) is 4.39 Å². The topological polar surface area (TPSA) is 63.5 Å². The third-order valence-electron chi connectivity index (χ3n) is 2.10. The first kappa shape index (κ1) is 12.3. The molecule has 0 aliphatic carbocycles. The predicted molar refractivity (Wildman–Crippen MR) is 71.6 cm³/mol. The molecule has 6 heteroatoms. The highest BCUT2D eigenvalue weighted by Gasteiger charge is 2.04. The molecule has 0 radical (unpaired) electrons. The van der Waals surface area contributed by atoms with Crippen LogP contribution in [0.3, 0.4) is 0 Å². The number of halogens is 1. The highest BCUT2D eigenvalue weighted by molar-refractivity contribution is 7.80. The molecule has 0 bridgehead atoms. The lowest BCUT2D eigenvalue weighted by atomic mass is 10.2. The molecule has 0 unspecified atom stereocenters. The molecule has 18 heavy (non-hydrogen) atoms. The molecule has 92 valence electrons. The minimum atomic E-state index is -0.311. The highest BCUT2D eigenvalue weighted by atomic mass is 32.1. The maximum absolute atomic E-state index is 13.0. The molecular weight excluding hydrogens is 253 g/mol. The maximum Gasteiger partial charge on any atom is 0.184 e.